The van der Waals surface area contributed by atoms with Crippen LogP contribution in [0.5, 0.6) is 0 Å². The Morgan fingerprint density at radius 3 is 2.50 bits per heavy atom. The van der Waals surface area contributed by atoms with Crippen LogP contribution in [0, 0.1) is 23.0 Å². The first-order valence-electron chi connectivity index (χ1n) is 6.83. The minimum atomic E-state index is -0.405. The van der Waals surface area contributed by atoms with Crippen LogP contribution < -0.4 is 5.32 Å². The van der Waals surface area contributed by atoms with Crippen molar-refractivity contribution in [2.24, 2.45) is 5.92 Å². The van der Waals surface area contributed by atoms with E-state index in [1.807, 2.05) is 14.1 Å². The number of nitrogens with one attached hydrogen (secondary N) is 1. The molecule has 0 saturated carbocycles. The fraction of sp³-hybridized carbons (Fsp3) is 0.643. The van der Waals surface area contributed by atoms with Crippen molar-refractivity contribution in [1.82, 2.24) is 9.88 Å². The van der Waals surface area contributed by atoms with Gasteiger partial charge in [-0.15, -0.1) is 0 Å². The van der Waals surface area contributed by atoms with Crippen molar-refractivity contribution in [2.45, 2.75) is 33.2 Å². The van der Waals surface area contributed by atoms with Gasteiger partial charge in [0.2, 0.25) is 0 Å². The molecule has 1 aromatic heterocycles. The molecular formula is C14H24N4O2. The molecule has 0 aliphatic rings. The second-order valence-corrected chi connectivity index (χ2v) is 5.79. The second-order valence-electron chi connectivity index (χ2n) is 5.79. The van der Waals surface area contributed by atoms with Gasteiger partial charge in [0, 0.05) is 18.7 Å². The van der Waals surface area contributed by atoms with E-state index in [1.54, 1.807) is 13.0 Å². The molecule has 1 atom stereocenters. The fourth-order valence-corrected chi connectivity index (χ4v) is 2.23. The van der Waals surface area contributed by atoms with E-state index >= 15 is 0 Å². The first kappa shape index (κ1) is 16.4. The summed E-state index contributed by atoms with van der Waals surface area (Å²) < 4.78 is 0. The molecular weight excluding hydrogens is 256 g/mol. The third-order valence-corrected chi connectivity index (χ3v) is 2.95. The molecule has 1 aromatic rings. The highest BCUT2D eigenvalue weighted by Crippen LogP contribution is 2.19. The summed E-state index contributed by atoms with van der Waals surface area (Å²) in [7, 11) is 4.06. The zero-order chi connectivity index (χ0) is 15.3. The summed E-state index contributed by atoms with van der Waals surface area (Å²) >= 11 is 0. The van der Waals surface area contributed by atoms with Crippen molar-refractivity contribution in [1.29, 1.82) is 0 Å². The SMILES string of the molecule is Cc1nc(NC(CC(C)C)CN(C)C)ccc1[N+](=O)[O-]. The Balaban J connectivity index is 2.82. The molecule has 6 heteroatoms. The maximum Gasteiger partial charge on any atom is 0.290 e. The predicted octanol–water partition coefficient (Wildman–Crippen LogP) is 2.69. The van der Waals surface area contributed by atoms with Gasteiger partial charge in [-0.1, -0.05) is 13.8 Å². The lowest BCUT2D eigenvalue weighted by molar-refractivity contribution is -0.385. The Kier molecular flexibility index (Phi) is 5.88. The summed E-state index contributed by atoms with van der Waals surface area (Å²) in [6.07, 6.45) is 1.02. The first-order chi connectivity index (χ1) is 9.29. The van der Waals surface area contributed by atoms with E-state index in [4.69, 9.17) is 0 Å². The minimum absolute atomic E-state index is 0.0589. The van der Waals surface area contributed by atoms with Crippen LogP contribution in [-0.4, -0.2) is 41.5 Å². The Morgan fingerprint density at radius 1 is 1.40 bits per heavy atom. The van der Waals surface area contributed by atoms with Crippen molar-refractivity contribution in [3.63, 3.8) is 0 Å². The smallest absolute Gasteiger partial charge is 0.290 e. The number of rotatable bonds is 7. The molecule has 1 N–H and O–H groups in total. The number of hydrogen-bond acceptors (Lipinski definition) is 5. The summed E-state index contributed by atoms with van der Waals surface area (Å²) in [5, 5.41) is 14.2. The van der Waals surface area contributed by atoms with Gasteiger partial charge in [-0.2, -0.15) is 0 Å². The molecule has 0 saturated heterocycles. The predicted molar refractivity (Wildman–Crippen MR) is 81.0 cm³/mol. The highest BCUT2D eigenvalue weighted by Gasteiger charge is 2.15. The van der Waals surface area contributed by atoms with Crippen LogP contribution in [0.25, 0.3) is 0 Å². The van der Waals surface area contributed by atoms with Crippen LogP contribution in [0.2, 0.25) is 0 Å². The van der Waals surface area contributed by atoms with Gasteiger partial charge in [-0.3, -0.25) is 10.1 Å². The molecule has 6 nitrogen and oxygen atoms in total. The van der Waals surface area contributed by atoms with Gasteiger partial charge in [0.25, 0.3) is 5.69 Å². The third-order valence-electron chi connectivity index (χ3n) is 2.95. The van der Waals surface area contributed by atoms with Gasteiger partial charge in [-0.05, 0) is 39.4 Å². The number of nitrogens with zero attached hydrogens (tertiary/aromatic N) is 3. The van der Waals surface area contributed by atoms with Gasteiger partial charge < -0.3 is 10.2 Å². The average Bonchev–Trinajstić information content (AvgIpc) is 2.26. The molecule has 0 amide bonds. The quantitative estimate of drug-likeness (QED) is 0.614. The van der Waals surface area contributed by atoms with E-state index in [1.165, 1.54) is 6.07 Å². The monoisotopic (exact) mass is 280 g/mol. The largest absolute Gasteiger partial charge is 0.366 e. The van der Waals surface area contributed by atoms with Crippen LogP contribution in [-0.2, 0) is 0 Å². The van der Waals surface area contributed by atoms with Gasteiger partial charge in [0.1, 0.15) is 11.5 Å². The highest BCUT2D eigenvalue weighted by molar-refractivity contribution is 5.45. The van der Waals surface area contributed by atoms with E-state index in [0.717, 1.165) is 13.0 Å². The number of aryl methyl sites for hydroxylation is 1. The molecule has 0 bridgehead atoms. The van der Waals surface area contributed by atoms with E-state index < -0.39 is 4.92 Å². The Morgan fingerprint density at radius 2 is 2.05 bits per heavy atom. The summed E-state index contributed by atoms with van der Waals surface area (Å²) in [5.74, 6) is 1.27. The Hall–Kier alpha value is -1.69. The van der Waals surface area contributed by atoms with Crippen LogP contribution in [0.1, 0.15) is 26.0 Å². The molecule has 0 radical (unpaired) electrons. The maximum atomic E-state index is 10.8. The van der Waals surface area contributed by atoms with E-state index in [-0.39, 0.29) is 11.7 Å². The molecule has 112 valence electrons. The zero-order valence-corrected chi connectivity index (χ0v) is 12.9. The highest BCUT2D eigenvalue weighted by atomic mass is 16.6. The van der Waals surface area contributed by atoms with E-state index in [9.17, 15) is 10.1 Å². The molecule has 1 rings (SSSR count). The summed E-state index contributed by atoms with van der Waals surface area (Å²) in [5.41, 5.74) is 0.497. The van der Waals surface area contributed by atoms with E-state index in [0.29, 0.717) is 17.4 Å². The lowest BCUT2D eigenvalue weighted by atomic mass is 10.0. The van der Waals surface area contributed by atoms with Crippen molar-refractivity contribution >= 4 is 11.5 Å². The summed E-state index contributed by atoms with van der Waals surface area (Å²) in [4.78, 5) is 16.8. The topological polar surface area (TPSA) is 71.3 Å². The first-order valence-corrected chi connectivity index (χ1v) is 6.83. The number of pyridine rings is 1. The van der Waals surface area contributed by atoms with Crippen molar-refractivity contribution in [2.75, 3.05) is 26.0 Å². The number of anilines is 1. The number of likely N-dealkylation sites (N-methyl/N-ethyl adjacent to an activating group) is 1. The summed E-state index contributed by atoms with van der Waals surface area (Å²) in [6.45, 7) is 6.92. The molecule has 0 aromatic carbocycles. The van der Waals surface area contributed by atoms with Crippen molar-refractivity contribution in [3.05, 3.63) is 27.9 Å². The lowest BCUT2D eigenvalue weighted by Gasteiger charge is -2.24. The average molecular weight is 280 g/mol. The van der Waals surface area contributed by atoms with Crippen molar-refractivity contribution < 1.29 is 4.92 Å². The molecule has 0 aliphatic heterocycles. The van der Waals surface area contributed by atoms with Gasteiger partial charge in [-0.25, -0.2) is 4.98 Å². The van der Waals surface area contributed by atoms with Crippen LogP contribution in [0.4, 0.5) is 11.5 Å². The van der Waals surface area contributed by atoms with Crippen LogP contribution >= 0.6 is 0 Å². The minimum Gasteiger partial charge on any atom is -0.366 e. The molecule has 1 heterocycles. The standard InChI is InChI=1S/C14H24N4O2/c1-10(2)8-12(9-17(4)5)16-14-7-6-13(18(19)20)11(3)15-14/h6-7,10,12H,8-9H2,1-5H3,(H,15,16). The van der Waals surface area contributed by atoms with E-state index in [2.05, 4.69) is 29.0 Å². The molecule has 1 unspecified atom stereocenters. The molecule has 0 aliphatic carbocycles. The normalized spacial score (nSPS) is 12.8. The second kappa shape index (κ2) is 7.19. The number of nitro groups is 1. The Bertz CT molecular complexity index is 450. The zero-order valence-electron chi connectivity index (χ0n) is 12.9. The summed E-state index contributed by atoms with van der Waals surface area (Å²) in [6, 6.07) is 3.46. The van der Waals surface area contributed by atoms with Crippen LogP contribution in [0.15, 0.2) is 12.1 Å². The Labute approximate surface area is 120 Å². The van der Waals surface area contributed by atoms with Crippen molar-refractivity contribution in [3.8, 4) is 0 Å². The number of hydrogen-bond donors (Lipinski definition) is 1. The number of aromatic nitrogens is 1. The third kappa shape index (κ3) is 5.13. The fourth-order valence-electron chi connectivity index (χ4n) is 2.23. The van der Waals surface area contributed by atoms with Crippen LogP contribution in [0.3, 0.4) is 0 Å². The molecule has 20 heavy (non-hydrogen) atoms. The van der Waals surface area contributed by atoms with Gasteiger partial charge >= 0.3 is 0 Å². The molecule has 0 spiro atoms. The maximum absolute atomic E-state index is 10.8. The lowest BCUT2D eigenvalue weighted by Crippen LogP contribution is -2.33. The van der Waals surface area contributed by atoms with Gasteiger partial charge in [0.05, 0.1) is 4.92 Å². The van der Waals surface area contributed by atoms with Gasteiger partial charge in [0.15, 0.2) is 0 Å². The molecule has 0 fully saturated rings.